The van der Waals surface area contributed by atoms with Crippen molar-refractivity contribution in [3.8, 4) is 5.75 Å². The Balaban J connectivity index is 1.63. The number of nitrogens with zero attached hydrogens (tertiary/aromatic N) is 1. The number of amides is 1. The van der Waals surface area contributed by atoms with Crippen molar-refractivity contribution in [1.82, 2.24) is 0 Å². The van der Waals surface area contributed by atoms with Gasteiger partial charge in [0.25, 0.3) is 0 Å². The number of hydrogen-bond acceptors (Lipinski definition) is 4. The first-order valence-corrected chi connectivity index (χ1v) is 9.75. The van der Waals surface area contributed by atoms with Gasteiger partial charge in [-0.25, -0.2) is 0 Å². The molecule has 0 spiro atoms. The molecule has 1 atom stereocenters. The van der Waals surface area contributed by atoms with Gasteiger partial charge in [0.05, 0.1) is 6.10 Å². The maximum atomic E-state index is 11.4. The molecule has 1 aliphatic heterocycles. The summed E-state index contributed by atoms with van der Waals surface area (Å²) >= 11 is 0. The average molecular weight is 383 g/mol. The normalized spacial score (nSPS) is 15.8. The van der Waals surface area contributed by atoms with Gasteiger partial charge in [0.2, 0.25) is 5.91 Å². The van der Waals surface area contributed by atoms with Gasteiger partial charge in [-0.1, -0.05) is 24.3 Å². The lowest BCUT2D eigenvalue weighted by atomic mass is 9.89. The number of ether oxygens (including phenoxy) is 3. The summed E-state index contributed by atoms with van der Waals surface area (Å²) in [6, 6.07) is 16.0. The Bertz CT molecular complexity index is 768. The smallest absolute Gasteiger partial charge is 0.223 e. The fourth-order valence-electron chi connectivity index (χ4n) is 3.56. The molecule has 0 radical (unpaired) electrons. The molecule has 5 nitrogen and oxygen atoms in total. The van der Waals surface area contributed by atoms with Crippen molar-refractivity contribution in [1.29, 1.82) is 0 Å². The third-order valence-electron chi connectivity index (χ3n) is 5.34. The molecule has 1 aliphatic rings. The molecule has 5 heteroatoms. The molecule has 1 fully saturated rings. The molecule has 0 N–H and O–H groups in total. The van der Waals surface area contributed by atoms with E-state index in [1.165, 1.54) is 0 Å². The van der Waals surface area contributed by atoms with Crippen molar-refractivity contribution in [2.24, 2.45) is 5.92 Å². The zero-order chi connectivity index (χ0) is 19.9. The lowest BCUT2D eigenvalue weighted by Gasteiger charge is -2.29. The van der Waals surface area contributed by atoms with Crippen molar-refractivity contribution in [2.45, 2.75) is 32.5 Å². The van der Waals surface area contributed by atoms with E-state index in [-0.39, 0.29) is 12.0 Å². The maximum Gasteiger partial charge on any atom is 0.223 e. The van der Waals surface area contributed by atoms with Crippen molar-refractivity contribution in [3.63, 3.8) is 0 Å². The average Bonchev–Trinajstić information content (AvgIpc) is 2.74. The molecule has 2 aromatic carbocycles. The molecule has 1 unspecified atom stereocenters. The fraction of sp³-hybridized carbons (Fsp3) is 0.435. The zero-order valence-corrected chi connectivity index (χ0v) is 16.9. The van der Waals surface area contributed by atoms with Crippen molar-refractivity contribution >= 4 is 11.6 Å². The number of rotatable bonds is 7. The SMILES string of the molecule is COC(c1cccc(OCc2ccc(N(C)C(C)=O)cc2)c1)C1CCOCC1. The van der Waals surface area contributed by atoms with Crippen molar-refractivity contribution in [2.75, 3.05) is 32.3 Å². The van der Waals surface area contributed by atoms with Gasteiger partial charge < -0.3 is 19.1 Å². The van der Waals surface area contributed by atoms with Gasteiger partial charge in [0.15, 0.2) is 0 Å². The summed E-state index contributed by atoms with van der Waals surface area (Å²) in [7, 11) is 3.54. The molecule has 0 aliphatic carbocycles. The van der Waals surface area contributed by atoms with Gasteiger partial charge in [0, 0.05) is 40.0 Å². The van der Waals surface area contributed by atoms with Crippen molar-refractivity contribution < 1.29 is 19.0 Å². The highest BCUT2D eigenvalue weighted by Crippen LogP contribution is 2.34. The second-order valence-electron chi connectivity index (χ2n) is 7.21. The number of hydrogen-bond donors (Lipinski definition) is 0. The van der Waals surface area contributed by atoms with E-state index in [9.17, 15) is 4.79 Å². The fourth-order valence-corrected chi connectivity index (χ4v) is 3.56. The standard InChI is InChI=1S/C23H29NO4/c1-17(25)24(2)21-9-7-18(8-10-21)16-28-22-6-4-5-20(15-22)23(26-3)19-11-13-27-14-12-19/h4-10,15,19,23H,11-14,16H2,1-3H3. The van der Waals surface area contributed by atoms with Gasteiger partial charge in [-0.05, 0) is 54.2 Å². The van der Waals surface area contributed by atoms with Crippen LogP contribution in [0.5, 0.6) is 5.75 Å². The van der Waals surface area contributed by atoms with E-state index in [1.54, 1.807) is 26.0 Å². The van der Waals surface area contributed by atoms with Crippen LogP contribution in [-0.4, -0.2) is 33.3 Å². The Hall–Kier alpha value is -2.37. The third kappa shape index (κ3) is 5.12. The maximum absolute atomic E-state index is 11.4. The largest absolute Gasteiger partial charge is 0.489 e. The molecule has 0 bridgehead atoms. The second-order valence-corrected chi connectivity index (χ2v) is 7.21. The Morgan fingerprint density at radius 2 is 1.89 bits per heavy atom. The summed E-state index contributed by atoms with van der Waals surface area (Å²) in [5.74, 6) is 1.31. The lowest BCUT2D eigenvalue weighted by Crippen LogP contribution is -2.23. The van der Waals surface area contributed by atoms with E-state index in [0.717, 1.165) is 48.6 Å². The third-order valence-corrected chi connectivity index (χ3v) is 5.34. The molecule has 0 aromatic heterocycles. The minimum absolute atomic E-state index is 0.0121. The highest BCUT2D eigenvalue weighted by molar-refractivity contribution is 5.90. The minimum Gasteiger partial charge on any atom is -0.489 e. The van der Waals surface area contributed by atoms with E-state index in [2.05, 4.69) is 12.1 Å². The predicted octanol–water partition coefficient (Wildman–Crippen LogP) is 4.36. The summed E-state index contributed by atoms with van der Waals surface area (Å²) in [6.07, 6.45) is 2.10. The van der Waals surface area contributed by atoms with Crippen LogP contribution in [0.4, 0.5) is 5.69 Å². The first-order chi connectivity index (χ1) is 13.6. The van der Waals surface area contributed by atoms with Gasteiger partial charge in [0.1, 0.15) is 12.4 Å². The van der Waals surface area contributed by atoms with E-state index in [4.69, 9.17) is 14.2 Å². The van der Waals surface area contributed by atoms with Gasteiger partial charge in [-0.2, -0.15) is 0 Å². The minimum atomic E-state index is 0.0121. The quantitative estimate of drug-likeness (QED) is 0.713. The Kier molecular flexibility index (Phi) is 7.06. The Labute approximate surface area is 167 Å². The molecular formula is C23H29NO4. The number of carbonyl (C=O) groups is 1. The van der Waals surface area contributed by atoms with Gasteiger partial charge >= 0.3 is 0 Å². The van der Waals surface area contributed by atoms with Crippen LogP contribution in [-0.2, 0) is 20.9 Å². The molecular weight excluding hydrogens is 354 g/mol. The summed E-state index contributed by atoms with van der Waals surface area (Å²) in [6.45, 7) is 3.63. The summed E-state index contributed by atoms with van der Waals surface area (Å²) in [5, 5.41) is 0. The first-order valence-electron chi connectivity index (χ1n) is 9.75. The topological polar surface area (TPSA) is 48.0 Å². The molecule has 28 heavy (non-hydrogen) atoms. The van der Waals surface area contributed by atoms with E-state index < -0.39 is 0 Å². The molecule has 1 heterocycles. The summed E-state index contributed by atoms with van der Waals surface area (Å²) < 4.78 is 17.3. The molecule has 0 saturated carbocycles. The second kappa shape index (κ2) is 9.71. The summed E-state index contributed by atoms with van der Waals surface area (Å²) in [4.78, 5) is 13.1. The van der Waals surface area contributed by atoms with E-state index in [0.29, 0.717) is 12.5 Å². The van der Waals surface area contributed by atoms with Crippen LogP contribution in [0.25, 0.3) is 0 Å². The van der Waals surface area contributed by atoms with E-state index >= 15 is 0 Å². The van der Waals surface area contributed by atoms with Crippen LogP contribution < -0.4 is 9.64 Å². The monoisotopic (exact) mass is 383 g/mol. The van der Waals surface area contributed by atoms with Crippen LogP contribution in [0.2, 0.25) is 0 Å². The molecule has 1 amide bonds. The lowest BCUT2D eigenvalue weighted by molar-refractivity contribution is -0.116. The van der Waals surface area contributed by atoms with Gasteiger partial charge in [-0.15, -0.1) is 0 Å². The van der Waals surface area contributed by atoms with Gasteiger partial charge in [-0.3, -0.25) is 4.79 Å². The highest BCUT2D eigenvalue weighted by atomic mass is 16.5. The molecule has 3 rings (SSSR count). The van der Waals surface area contributed by atoms with Crippen LogP contribution in [0.3, 0.4) is 0 Å². The molecule has 1 saturated heterocycles. The number of benzene rings is 2. The van der Waals surface area contributed by atoms with Crippen molar-refractivity contribution in [3.05, 3.63) is 59.7 Å². The molecule has 150 valence electrons. The Morgan fingerprint density at radius 3 is 2.54 bits per heavy atom. The number of anilines is 1. The first kappa shape index (κ1) is 20.4. The zero-order valence-electron chi connectivity index (χ0n) is 16.9. The predicted molar refractivity (Wildman–Crippen MR) is 110 cm³/mol. The van der Waals surface area contributed by atoms with Crippen LogP contribution in [0.15, 0.2) is 48.5 Å². The summed E-state index contributed by atoms with van der Waals surface area (Å²) in [5.41, 5.74) is 3.07. The molecule has 2 aromatic rings. The van der Waals surface area contributed by atoms with E-state index in [1.807, 2.05) is 36.4 Å². The number of methoxy groups -OCH3 is 1. The number of carbonyl (C=O) groups excluding carboxylic acids is 1. The Morgan fingerprint density at radius 1 is 1.18 bits per heavy atom. The highest BCUT2D eigenvalue weighted by Gasteiger charge is 2.25. The van der Waals surface area contributed by atoms with Crippen LogP contribution in [0.1, 0.15) is 37.0 Å². The van der Waals surface area contributed by atoms with Crippen LogP contribution in [0, 0.1) is 5.92 Å². The van der Waals surface area contributed by atoms with Crippen LogP contribution >= 0.6 is 0 Å².